The Hall–Kier alpha value is -2.34. The number of carbonyl (C=O) groups excluding carboxylic acids is 4. The number of thioether (sulfide) groups is 1. The zero-order valence-corrected chi connectivity index (χ0v) is 19.0. The van der Waals surface area contributed by atoms with Crippen LogP contribution < -0.4 is 10.4 Å². The predicted octanol–water partition coefficient (Wildman–Crippen LogP) is -0.380. The number of hydrogen-bond acceptors (Lipinski definition) is 8. The third kappa shape index (κ3) is 4.24. The van der Waals surface area contributed by atoms with Crippen molar-refractivity contribution in [3.63, 3.8) is 0 Å². The van der Waals surface area contributed by atoms with Crippen LogP contribution >= 0.6 is 27.7 Å². The highest BCUT2D eigenvalue weighted by atomic mass is 79.9. The van der Waals surface area contributed by atoms with Gasteiger partial charge in [0.15, 0.2) is 0 Å². The second kappa shape index (κ2) is 8.80. The molecule has 3 heterocycles. The molecular weight excluding hydrogens is 480 g/mol. The number of fused-ring (bicyclic) bond motifs is 1. The van der Waals surface area contributed by atoms with Gasteiger partial charge in [-0.1, -0.05) is 0 Å². The standard InChI is InChI=1S/C18H21BrN4O6S/c1-8-13(19)9(2)22(21-8)5-4-12(25)20-14-16(26)23-15(18(27)28)11(6-29-10(3)24)7-30-17(14)23/h14,17H,4-7H2,1-3H3,(H,20,25)(H,27,28)/p-1. The highest BCUT2D eigenvalue weighted by Gasteiger charge is 2.52. The van der Waals surface area contributed by atoms with Crippen LogP contribution in [0.5, 0.6) is 0 Å². The second-order valence-corrected chi connectivity index (χ2v) is 8.83. The number of carboxylic acid groups (broad SMARTS) is 1. The van der Waals surface area contributed by atoms with Crippen molar-refractivity contribution in [1.82, 2.24) is 20.0 Å². The van der Waals surface area contributed by atoms with Gasteiger partial charge in [0, 0.05) is 30.4 Å². The van der Waals surface area contributed by atoms with Gasteiger partial charge in [0.2, 0.25) is 5.91 Å². The van der Waals surface area contributed by atoms with Crippen molar-refractivity contribution in [1.29, 1.82) is 0 Å². The van der Waals surface area contributed by atoms with Crippen molar-refractivity contribution in [2.45, 2.75) is 45.2 Å². The Morgan fingerprint density at radius 2 is 2.07 bits per heavy atom. The molecule has 0 radical (unpaired) electrons. The van der Waals surface area contributed by atoms with E-state index in [2.05, 4.69) is 26.3 Å². The zero-order valence-electron chi connectivity index (χ0n) is 16.6. The maximum absolute atomic E-state index is 12.5. The summed E-state index contributed by atoms with van der Waals surface area (Å²) in [4.78, 5) is 48.6. The fourth-order valence-electron chi connectivity index (χ4n) is 3.32. The number of halogens is 1. The van der Waals surface area contributed by atoms with Crippen molar-refractivity contribution >= 4 is 51.4 Å². The van der Waals surface area contributed by atoms with E-state index in [1.807, 2.05) is 13.8 Å². The van der Waals surface area contributed by atoms with Crippen LogP contribution in [0.15, 0.2) is 15.7 Å². The van der Waals surface area contributed by atoms with E-state index in [9.17, 15) is 24.3 Å². The molecule has 2 atom stereocenters. The fourth-order valence-corrected chi connectivity index (χ4v) is 4.93. The van der Waals surface area contributed by atoms with Crippen LogP contribution in [0.4, 0.5) is 0 Å². The summed E-state index contributed by atoms with van der Waals surface area (Å²) in [5.74, 6) is -2.69. The molecule has 2 unspecified atom stereocenters. The highest BCUT2D eigenvalue weighted by Crippen LogP contribution is 2.40. The SMILES string of the molecule is CC(=O)OCC1=C(C(=O)[O-])N2C(=O)C(NC(=O)CCn3nc(C)c(Br)c3C)C2SC1. The first kappa shape index (κ1) is 22.3. The summed E-state index contributed by atoms with van der Waals surface area (Å²) >= 11 is 4.73. The average molecular weight is 500 g/mol. The second-order valence-electron chi connectivity index (χ2n) is 6.93. The highest BCUT2D eigenvalue weighted by molar-refractivity contribution is 9.10. The Morgan fingerprint density at radius 1 is 1.37 bits per heavy atom. The largest absolute Gasteiger partial charge is 0.543 e. The molecule has 3 rings (SSSR count). The summed E-state index contributed by atoms with van der Waals surface area (Å²) < 4.78 is 7.47. The van der Waals surface area contributed by atoms with Crippen LogP contribution in [0, 0.1) is 13.8 Å². The zero-order chi connectivity index (χ0) is 22.2. The minimum absolute atomic E-state index is 0.121. The Kier molecular flexibility index (Phi) is 6.56. The maximum Gasteiger partial charge on any atom is 0.302 e. The normalized spacial score (nSPS) is 20.5. The number of rotatable bonds is 7. The Morgan fingerprint density at radius 3 is 2.63 bits per heavy atom. The first-order chi connectivity index (χ1) is 14.1. The van der Waals surface area contributed by atoms with Crippen LogP contribution in [0.25, 0.3) is 0 Å². The maximum atomic E-state index is 12.5. The van der Waals surface area contributed by atoms with Crippen LogP contribution in [-0.4, -0.2) is 62.2 Å². The molecule has 12 heteroatoms. The summed E-state index contributed by atoms with van der Waals surface area (Å²) in [5.41, 5.74) is 1.73. The minimum atomic E-state index is -1.52. The van der Waals surface area contributed by atoms with Gasteiger partial charge in [-0.25, -0.2) is 0 Å². The lowest BCUT2D eigenvalue weighted by Crippen LogP contribution is -2.71. The number of nitrogens with zero attached hydrogens (tertiary/aromatic N) is 3. The molecule has 0 saturated carbocycles. The molecule has 2 aliphatic heterocycles. The number of esters is 1. The van der Waals surface area contributed by atoms with E-state index in [0.29, 0.717) is 12.1 Å². The molecule has 0 aliphatic carbocycles. The lowest BCUT2D eigenvalue weighted by atomic mass is 10.0. The van der Waals surface area contributed by atoms with Crippen LogP contribution in [0.1, 0.15) is 24.7 Å². The Bertz CT molecular complexity index is 959. The number of aromatic nitrogens is 2. The van der Waals surface area contributed by atoms with E-state index in [4.69, 9.17) is 4.74 Å². The van der Waals surface area contributed by atoms with Crippen LogP contribution in [-0.2, 0) is 30.5 Å². The Balaban J connectivity index is 1.63. The molecule has 1 fully saturated rings. The number of aliphatic carboxylic acids is 1. The molecule has 162 valence electrons. The lowest BCUT2D eigenvalue weighted by Gasteiger charge is -2.50. The molecule has 1 N–H and O–H groups in total. The first-order valence-electron chi connectivity index (χ1n) is 9.12. The third-order valence-corrected chi connectivity index (χ3v) is 7.34. The molecule has 1 aromatic rings. The fraction of sp³-hybridized carbons (Fsp3) is 0.500. The number of β-lactam (4-membered cyclic amide) rings is 1. The quantitative estimate of drug-likeness (QED) is 0.396. The number of aryl methyl sites for hydroxylation is 2. The van der Waals surface area contributed by atoms with Crippen LogP contribution in [0.2, 0.25) is 0 Å². The molecule has 10 nitrogen and oxygen atoms in total. The number of ether oxygens (including phenoxy) is 1. The average Bonchev–Trinajstić information content (AvgIpc) is 2.94. The Labute approximate surface area is 185 Å². The molecule has 0 bridgehead atoms. The van der Waals surface area contributed by atoms with Crippen LogP contribution in [0.3, 0.4) is 0 Å². The van der Waals surface area contributed by atoms with Gasteiger partial charge in [-0.05, 0) is 29.8 Å². The van der Waals surface area contributed by atoms with E-state index < -0.39 is 29.3 Å². The monoisotopic (exact) mass is 499 g/mol. The smallest absolute Gasteiger partial charge is 0.302 e. The molecule has 2 amide bonds. The molecule has 0 spiro atoms. The minimum Gasteiger partial charge on any atom is -0.543 e. The number of hydrogen-bond donors (Lipinski definition) is 1. The van der Waals surface area contributed by atoms with Crippen molar-refractivity contribution < 1.29 is 29.0 Å². The summed E-state index contributed by atoms with van der Waals surface area (Å²) in [7, 11) is 0. The number of carbonyl (C=O) groups is 4. The first-order valence-corrected chi connectivity index (χ1v) is 11.0. The van der Waals surface area contributed by atoms with Crippen molar-refractivity contribution in [2.75, 3.05) is 12.4 Å². The third-order valence-electron chi connectivity index (χ3n) is 4.85. The topological polar surface area (TPSA) is 134 Å². The summed E-state index contributed by atoms with van der Waals surface area (Å²) in [6, 6.07) is -0.820. The number of carboxylic acids is 1. The van der Waals surface area contributed by atoms with Gasteiger partial charge in [0.05, 0.1) is 28.4 Å². The summed E-state index contributed by atoms with van der Waals surface area (Å²) in [5, 5.41) is 18.1. The molecule has 1 saturated heterocycles. The number of nitrogens with one attached hydrogen (secondary N) is 1. The van der Waals surface area contributed by atoms with E-state index in [1.54, 1.807) is 4.68 Å². The molecule has 1 aromatic heterocycles. The van der Waals surface area contributed by atoms with Crippen molar-refractivity contribution in [2.24, 2.45) is 0 Å². The lowest BCUT2D eigenvalue weighted by molar-refractivity contribution is -0.301. The molecule has 0 aromatic carbocycles. The van der Waals surface area contributed by atoms with E-state index in [-0.39, 0.29) is 30.4 Å². The van der Waals surface area contributed by atoms with E-state index >= 15 is 0 Å². The predicted molar refractivity (Wildman–Crippen MR) is 108 cm³/mol. The van der Waals surface area contributed by atoms with Gasteiger partial charge in [-0.3, -0.25) is 24.0 Å². The van der Waals surface area contributed by atoms with Gasteiger partial charge >= 0.3 is 5.97 Å². The van der Waals surface area contributed by atoms with Crippen molar-refractivity contribution in [3.05, 3.63) is 27.1 Å². The van der Waals surface area contributed by atoms with Crippen molar-refractivity contribution in [3.8, 4) is 0 Å². The van der Waals surface area contributed by atoms with Gasteiger partial charge < -0.3 is 20.0 Å². The van der Waals surface area contributed by atoms with E-state index in [1.165, 1.54) is 18.7 Å². The number of amides is 2. The van der Waals surface area contributed by atoms with Gasteiger partial charge in [-0.15, -0.1) is 11.8 Å². The molecular formula is C18H20BrN4O6S-. The van der Waals surface area contributed by atoms with Gasteiger partial charge in [0.1, 0.15) is 18.0 Å². The summed E-state index contributed by atoms with van der Waals surface area (Å²) in [6.45, 7) is 5.08. The van der Waals surface area contributed by atoms with Gasteiger partial charge in [-0.2, -0.15) is 5.10 Å². The van der Waals surface area contributed by atoms with Gasteiger partial charge in [0.25, 0.3) is 5.91 Å². The summed E-state index contributed by atoms with van der Waals surface area (Å²) in [6.07, 6.45) is 0.121. The molecule has 30 heavy (non-hydrogen) atoms. The van der Waals surface area contributed by atoms with E-state index in [0.717, 1.165) is 20.8 Å². The molecule has 2 aliphatic rings.